The van der Waals surface area contributed by atoms with E-state index in [1.807, 2.05) is 7.05 Å². The van der Waals surface area contributed by atoms with Gasteiger partial charge in [-0.15, -0.1) is 25.1 Å². The second kappa shape index (κ2) is 13.8. The van der Waals surface area contributed by atoms with Gasteiger partial charge < -0.3 is 23.2 Å². The number of aromatic nitrogens is 15. The third kappa shape index (κ3) is 11.2. The molecular formula is C11H23N20+. The molecule has 31 heavy (non-hydrogen) atoms. The van der Waals surface area contributed by atoms with Crippen LogP contribution in [0.2, 0.25) is 0 Å². The second-order valence-electron chi connectivity index (χ2n) is 4.84. The molecule has 0 amide bonds. The van der Waals surface area contributed by atoms with Crippen LogP contribution in [0, 0.1) is 0 Å². The maximum absolute atomic E-state index is 5.16. The van der Waals surface area contributed by atoms with Gasteiger partial charge in [0.05, 0.1) is 12.4 Å². The molecule has 20 heteroatoms. The lowest BCUT2D eigenvalue weighted by Crippen LogP contribution is -2.31. The first kappa shape index (κ1) is 23.7. The van der Waals surface area contributed by atoms with Gasteiger partial charge in [0.25, 0.3) is 0 Å². The molecule has 0 aliphatic heterocycles. The largest absolute Gasteiger partial charge is 0.366 e. The van der Waals surface area contributed by atoms with Crippen molar-refractivity contribution in [2.24, 2.45) is 7.05 Å². The maximum atomic E-state index is 5.16. The van der Waals surface area contributed by atoms with Crippen LogP contribution in [0.25, 0.3) is 0 Å². The summed E-state index contributed by atoms with van der Waals surface area (Å²) in [6, 6.07) is 0. The monoisotopic (exact) mass is 435 g/mol. The van der Waals surface area contributed by atoms with Crippen molar-refractivity contribution >= 4 is 11.9 Å². The Bertz CT molecular complexity index is 897. The van der Waals surface area contributed by atoms with E-state index in [9.17, 15) is 0 Å². The van der Waals surface area contributed by atoms with Gasteiger partial charge in [0.2, 0.25) is 11.9 Å². The maximum Gasteiger partial charge on any atom is 0.242 e. The number of nitrogens with zero attached hydrogens (tertiary/aromatic N) is 13. The fraction of sp³-hybridized carbons (Fsp3) is 0.0909. The Kier molecular flexibility index (Phi) is 10.6. The molecule has 20 nitrogen and oxygen atoms in total. The van der Waals surface area contributed by atoms with E-state index >= 15 is 0 Å². The average Bonchev–Trinajstić information content (AvgIpc) is 3.57. The summed E-state index contributed by atoms with van der Waals surface area (Å²) in [6.07, 6.45) is 12.4. The Labute approximate surface area is 174 Å². The van der Waals surface area contributed by atoms with Gasteiger partial charge in [0.1, 0.15) is 37.6 Å². The zero-order valence-electron chi connectivity index (χ0n) is 16.3. The highest BCUT2D eigenvalue weighted by molar-refractivity contribution is 5.28. The van der Waals surface area contributed by atoms with Crippen molar-refractivity contribution in [3.8, 4) is 0 Å². The molecule has 5 rings (SSSR count). The van der Waals surface area contributed by atoms with Gasteiger partial charge in [0, 0.05) is 0 Å². The number of aryl methyl sites for hydroxylation is 1. The first-order chi connectivity index (χ1) is 14.9. The fourth-order valence-corrected chi connectivity index (χ4v) is 1.25. The molecule has 5 heterocycles. The average molecular weight is 435 g/mol. The molecule has 166 valence electrons. The van der Waals surface area contributed by atoms with Gasteiger partial charge in [-0.1, -0.05) is 0 Å². The minimum absolute atomic E-state index is 0.113. The molecule has 0 saturated heterocycles. The van der Waals surface area contributed by atoms with Crippen molar-refractivity contribution < 1.29 is 4.68 Å². The predicted octanol–water partition coefficient (Wildman–Crippen LogP) is -4.82. The van der Waals surface area contributed by atoms with Crippen LogP contribution in [-0.4, -0.2) is 70.3 Å². The van der Waals surface area contributed by atoms with Crippen molar-refractivity contribution in [1.29, 1.82) is 0 Å². The van der Waals surface area contributed by atoms with Gasteiger partial charge in [-0.05, 0) is 4.79 Å². The smallest absolute Gasteiger partial charge is 0.242 e. The minimum Gasteiger partial charge on any atom is -0.366 e. The summed E-state index contributed by atoms with van der Waals surface area (Å²) in [4.78, 5) is 4.81. The Morgan fingerprint density at radius 1 is 0.935 bits per heavy atom. The number of rotatable bonds is 0. The highest BCUT2D eigenvalue weighted by Crippen LogP contribution is 1.95. The van der Waals surface area contributed by atoms with Crippen LogP contribution in [0.1, 0.15) is 0 Å². The Hall–Kier alpha value is -5.30. The van der Waals surface area contributed by atoms with Crippen LogP contribution in [0.15, 0.2) is 50.1 Å². The number of hydrogen-bond acceptors (Lipinski definition) is 14. The molecule has 0 aliphatic rings. The first-order valence-electron chi connectivity index (χ1n) is 7.96. The summed E-state index contributed by atoms with van der Waals surface area (Å²) in [7, 11) is 1.81. The number of nitrogens with two attached hydrogens (primary N) is 5. The third-order valence-corrected chi connectivity index (χ3v) is 2.53. The van der Waals surface area contributed by atoms with E-state index in [0.717, 1.165) is 4.68 Å². The van der Waals surface area contributed by atoms with Gasteiger partial charge in [0.15, 0.2) is 12.4 Å². The molecule has 0 aliphatic carbocycles. The lowest BCUT2D eigenvalue weighted by Gasteiger charge is -1.90. The first-order valence-corrected chi connectivity index (χ1v) is 7.96. The van der Waals surface area contributed by atoms with Crippen LogP contribution in [-0.2, 0) is 7.05 Å². The zero-order valence-corrected chi connectivity index (χ0v) is 16.3. The van der Waals surface area contributed by atoms with E-state index in [-0.39, 0.29) is 11.9 Å². The van der Waals surface area contributed by atoms with Crippen molar-refractivity contribution in [3.63, 3.8) is 0 Å². The standard InChI is InChI=1S/C3H7N4.C2H6N6.C2H4N4.2C2H3N3/c1-6-2-3-7(4)5-6;3-1-6-7-2(4)8(1)5;3-6-1-4-5-2-6;1-3-2-5-4-1;1-2-4-5-3-1/h2-3H,1H3,(H2,4,5);5H2,(H2,3,6)(H2,4,7);1-2H,3H2;2*1-2H,(H,3,4,5)/q+1;;;;. The quantitative estimate of drug-likeness (QED) is 0.0886. The summed E-state index contributed by atoms with van der Waals surface area (Å²) in [5.41, 5.74) is 10.2. The molecule has 0 radical (unpaired) electrons. The van der Waals surface area contributed by atoms with Crippen molar-refractivity contribution in [1.82, 2.24) is 70.3 Å². The highest BCUT2D eigenvalue weighted by atomic mass is 15.6. The number of H-pyrrole nitrogens is 2. The van der Waals surface area contributed by atoms with E-state index in [0.29, 0.717) is 0 Å². The molecule has 0 unspecified atom stereocenters. The van der Waals surface area contributed by atoms with Gasteiger partial charge in [-0.2, -0.15) is 25.2 Å². The van der Waals surface area contributed by atoms with Crippen LogP contribution in [0.5, 0.6) is 0 Å². The van der Waals surface area contributed by atoms with E-state index in [1.54, 1.807) is 29.5 Å². The van der Waals surface area contributed by atoms with E-state index in [4.69, 9.17) is 29.0 Å². The molecule has 0 spiro atoms. The number of nitrogen functional groups attached to an aromatic ring is 5. The predicted molar refractivity (Wildman–Crippen MR) is 105 cm³/mol. The topological polar surface area (TPSA) is 296 Å². The normalized spacial score (nSPS) is 8.81. The molecular weight excluding hydrogens is 412 g/mol. The summed E-state index contributed by atoms with van der Waals surface area (Å²) in [5.74, 6) is 15.6. The second-order valence-corrected chi connectivity index (χ2v) is 4.84. The molecule has 0 bridgehead atoms. The highest BCUT2D eigenvalue weighted by Gasteiger charge is 1.97. The van der Waals surface area contributed by atoms with E-state index < -0.39 is 0 Å². The van der Waals surface area contributed by atoms with Crippen molar-refractivity contribution in [2.75, 3.05) is 29.0 Å². The number of hydrogen-bond donors (Lipinski definition) is 7. The summed E-state index contributed by atoms with van der Waals surface area (Å²) in [5, 5.41) is 32.6. The van der Waals surface area contributed by atoms with Gasteiger partial charge in [-0.25, -0.2) is 15.5 Å². The van der Waals surface area contributed by atoms with Gasteiger partial charge in [-0.3, -0.25) is 5.10 Å². The summed E-state index contributed by atoms with van der Waals surface area (Å²) in [6.45, 7) is 0. The van der Waals surface area contributed by atoms with Crippen LogP contribution in [0.3, 0.4) is 0 Å². The lowest BCUT2D eigenvalue weighted by atomic mass is 10.9. The summed E-state index contributed by atoms with van der Waals surface area (Å²) < 4.78 is 3.90. The lowest BCUT2D eigenvalue weighted by molar-refractivity contribution is -0.732. The zero-order chi connectivity index (χ0) is 22.9. The van der Waals surface area contributed by atoms with E-state index in [1.165, 1.54) is 34.8 Å². The summed E-state index contributed by atoms with van der Waals surface area (Å²) >= 11 is 0. The third-order valence-electron chi connectivity index (χ3n) is 2.53. The molecule has 5 aromatic heterocycles. The molecule has 0 aromatic carbocycles. The Morgan fingerprint density at radius 2 is 1.55 bits per heavy atom. The number of aromatic amines is 2. The molecule has 0 fully saturated rings. The Morgan fingerprint density at radius 3 is 1.71 bits per heavy atom. The molecule has 5 aromatic rings. The molecule has 0 saturated carbocycles. The molecule has 0 atom stereocenters. The fourth-order valence-electron chi connectivity index (χ4n) is 1.25. The van der Waals surface area contributed by atoms with Crippen LogP contribution < -0.4 is 33.7 Å². The van der Waals surface area contributed by atoms with Crippen molar-refractivity contribution in [3.05, 3.63) is 50.1 Å². The van der Waals surface area contributed by atoms with Crippen molar-refractivity contribution in [2.45, 2.75) is 0 Å². The number of nitrogens with one attached hydrogen (secondary N) is 2. The SMILES string of the molecule is C[n+]1ccn(N)n1.Nc1nnc(N)n1N.Nn1cnnc1.c1cn[nH]n1.c1nc[nH]n1. The molecule has 12 N–H and O–H groups in total. The van der Waals surface area contributed by atoms with Crippen LogP contribution >= 0.6 is 0 Å². The minimum atomic E-state index is 0.113. The van der Waals surface area contributed by atoms with Crippen LogP contribution in [0.4, 0.5) is 11.9 Å². The Balaban J connectivity index is 0.000000196. The van der Waals surface area contributed by atoms with E-state index in [2.05, 4.69) is 56.2 Å². The van der Waals surface area contributed by atoms with Gasteiger partial charge >= 0.3 is 0 Å². The number of anilines is 2.